The first-order valence-corrected chi connectivity index (χ1v) is 9.47. The number of hydrogen-bond acceptors (Lipinski definition) is 4. The number of likely N-dealkylation sites (N-methyl/N-ethyl adjacent to an activating group) is 1. The summed E-state index contributed by atoms with van der Waals surface area (Å²) in [5.74, 6) is 0.979. The second-order valence-corrected chi connectivity index (χ2v) is 7.49. The van der Waals surface area contributed by atoms with Crippen LogP contribution in [0, 0.1) is 13.8 Å². The lowest BCUT2D eigenvalue weighted by molar-refractivity contribution is 0.312. The quantitative estimate of drug-likeness (QED) is 0.596. The number of fused-ring (bicyclic) bond motifs is 3. The maximum atomic E-state index is 4.87. The number of aryl methyl sites for hydroxylation is 2. The van der Waals surface area contributed by atoms with Gasteiger partial charge in [-0.3, -0.25) is 4.40 Å². The summed E-state index contributed by atoms with van der Waals surface area (Å²) in [6.07, 6.45) is 3.84. The third kappa shape index (κ3) is 2.59. The SMILES string of the molecule is Cc1cc(-c2nc(C)n3c2cnc2[nH]ccc23)ccc1N1CCN(C)CC1. The van der Waals surface area contributed by atoms with Gasteiger partial charge in [-0.25, -0.2) is 9.97 Å². The zero-order chi connectivity index (χ0) is 18.5. The Labute approximate surface area is 158 Å². The van der Waals surface area contributed by atoms with Crippen LogP contribution in [0.2, 0.25) is 0 Å². The van der Waals surface area contributed by atoms with E-state index in [-0.39, 0.29) is 0 Å². The van der Waals surface area contributed by atoms with E-state index < -0.39 is 0 Å². The predicted molar refractivity (Wildman–Crippen MR) is 109 cm³/mol. The van der Waals surface area contributed by atoms with Crippen molar-refractivity contribution in [2.24, 2.45) is 0 Å². The van der Waals surface area contributed by atoms with E-state index in [1.54, 1.807) is 0 Å². The summed E-state index contributed by atoms with van der Waals surface area (Å²) in [7, 11) is 2.19. The molecule has 0 aliphatic carbocycles. The molecule has 0 bridgehead atoms. The first kappa shape index (κ1) is 16.3. The zero-order valence-electron chi connectivity index (χ0n) is 16.0. The molecule has 0 radical (unpaired) electrons. The topological polar surface area (TPSA) is 52.5 Å². The summed E-state index contributed by atoms with van der Waals surface area (Å²) in [5.41, 5.74) is 7.77. The maximum absolute atomic E-state index is 4.87. The van der Waals surface area contributed by atoms with Gasteiger partial charge in [-0.2, -0.15) is 0 Å². The van der Waals surface area contributed by atoms with Gasteiger partial charge in [0.15, 0.2) is 5.65 Å². The number of aromatic amines is 1. The van der Waals surface area contributed by atoms with Crippen LogP contribution < -0.4 is 4.90 Å². The average Bonchev–Trinajstić information content (AvgIpc) is 3.26. The number of piperazine rings is 1. The number of aromatic nitrogens is 4. The van der Waals surface area contributed by atoms with Crippen LogP contribution in [0.1, 0.15) is 11.4 Å². The molecule has 0 unspecified atom stereocenters. The van der Waals surface area contributed by atoms with Gasteiger partial charge < -0.3 is 14.8 Å². The lowest BCUT2D eigenvalue weighted by Gasteiger charge is -2.35. The Morgan fingerprint density at radius 2 is 1.81 bits per heavy atom. The minimum Gasteiger partial charge on any atom is -0.369 e. The number of anilines is 1. The van der Waals surface area contributed by atoms with Crippen molar-refractivity contribution in [3.05, 3.63) is 48.0 Å². The smallest absolute Gasteiger partial charge is 0.154 e. The van der Waals surface area contributed by atoms with E-state index >= 15 is 0 Å². The normalized spacial score (nSPS) is 15.9. The number of H-pyrrole nitrogens is 1. The second kappa shape index (κ2) is 6.09. The van der Waals surface area contributed by atoms with Crippen LogP contribution in [-0.4, -0.2) is 57.5 Å². The summed E-state index contributed by atoms with van der Waals surface area (Å²) in [4.78, 5) is 17.5. The number of nitrogens with zero attached hydrogens (tertiary/aromatic N) is 5. The number of benzene rings is 1. The molecule has 1 N–H and O–H groups in total. The van der Waals surface area contributed by atoms with E-state index in [1.165, 1.54) is 11.3 Å². The molecule has 5 rings (SSSR count). The molecule has 4 aromatic rings. The van der Waals surface area contributed by atoms with Gasteiger partial charge in [0, 0.05) is 43.6 Å². The van der Waals surface area contributed by atoms with Crippen molar-refractivity contribution in [2.45, 2.75) is 13.8 Å². The largest absolute Gasteiger partial charge is 0.369 e. The molecule has 1 fully saturated rings. The van der Waals surface area contributed by atoms with Crippen LogP contribution >= 0.6 is 0 Å². The van der Waals surface area contributed by atoms with Crippen LogP contribution in [0.15, 0.2) is 36.7 Å². The maximum Gasteiger partial charge on any atom is 0.154 e. The Morgan fingerprint density at radius 1 is 1.00 bits per heavy atom. The molecule has 3 aromatic heterocycles. The Kier molecular flexibility index (Phi) is 3.68. The first-order chi connectivity index (χ1) is 13.1. The van der Waals surface area contributed by atoms with Crippen LogP contribution in [-0.2, 0) is 0 Å². The van der Waals surface area contributed by atoms with E-state index in [4.69, 9.17) is 4.98 Å². The van der Waals surface area contributed by atoms with Gasteiger partial charge in [-0.05, 0) is 44.7 Å². The summed E-state index contributed by atoms with van der Waals surface area (Å²) in [5, 5.41) is 0. The lowest BCUT2D eigenvalue weighted by Crippen LogP contribution is -2.44. The Morgan fingerprint density at radius 3 is 2.59 bits per heavy atom. The van der Waals surface area contributed by atoms with Crippen molar-refractivity contribution >= 4 is 22.4 Å². The molecule has 0 saturated carbocycles. The number of rotatable bonds is 2. The van der Waals surface area contributed by atoms with Gasteiger partial charge in [0.25, 0.3) is 0 Å². The Balaban J connectivity index is 1.58. The third-order valence-corrected chi connectivity index (χ3v) is 5.66. The predicted octanol–water partition coefficient (Wildman–Crippen LogP) is 3.25. The fraction of sp³-hybridized carbons (Fsp3) is 0.333. The summed E-state index contributed by atoms with van der Waals surface area (Å²) in [6, 6.07) is 8.76. The van der Waals surface area contributed by atoms with Crippen molar-refractivity contribution in [2.75, 3.05) is 38.1 Å². The highest BCUT2D eigenvalue weighted by atomic mass is 15.2. The van der Waals surface area contributed by atoms with E-state index in [9.17, 15) is 0 Å². The highest BCUT2D eigenvalue weighted by Crippen LogP contribution is 2.31. The molecule has 0 atom stereocenters. The molecule has 0 spiro atoms. The molecule has 1 aliphatic rings. The van der Waals surface area contributed by atoms with E-state index in [2.05, 4.69) is 62.4 Å². The van der Waals surface area contributed by atoms with Crippen molar-refractivity contribution in [3.63, 3.8) is 0 Å². The van der Waals surface area contributed by atoms with Gasteiger partial charge in [-0.15, -0.1) is 0 Å². The Bertz CT molecular complexity index is 1130. The molecule has 4 heterocycles. The standard InChI is InChI=1S/C21H24N6/c1-14-12-16(4-5-17(14)26-10-8-25(3)9-11-26)20-19-13-23-21-18(6-7-22-21)27(19)15(2)24-20/h4-7,12-13,22H,8-11H2,1-3H3. The fourth-order valence-corrected chi connectivity index (χ4v) is 4.15. The van der Waals surface area contributed by atoms with Crippen LogP contribution in [0.3, 0.4) is 0 Å². The highest BCUT2D eigenvalue weighted by Gasteiger charge is 2.18. The van der Waals surface area contributed by atoms with Gasteiger partial charge in [0.2, 0.25) is 0 Å². The van der Waals surface area contributed by atoms with E-state index in [1.807, 2.05) is 19.3 Å². The van der Waals surface area contributed by atoms with Crippen molar-refractivity contribution < 1.29 is 0 Å². The molecule has 1 aromatic carbocycles. The van der Waals surface area contributed by atoms with E-state index in [0.717, 1.165) is 59.9 Å². The van der Waals surface area contributed by atoms with Crippen LogP contribution in [0.4, 0.5) is 5.69 Å². The molecule has 138 valence electrons. The summed E-state index contributed by atoms with van der Waals surface area (Å²) < 4.78 is 2.18. The molecule has 27 heavy (non-hydrogen) atoms. The summed E-state index contributed by atoms with van der Waals surface area (Å²) >= 11 is 0. The highest BCUT2D eigenvalue weighted by molar-refractivity contribution is 5.84. The number of imidazole rings is 1. The van der Waals surface area contributed by atoms with Gasteiger partial charge >= 0.3 is 0 Å². The van der Waals surface area contributed by atoms with Crippen molar-refractivity contribution in [1.29, 1.82) is 0 Å². The molecule has 1 aliphatic heterocycles. The molecular weight excluding hydrogens is 336 g/mol. The van der Waals surface area contributed by atoms with Crippen LogP contribution in [0.5, 0.6) is 0 Å². The minimum absolute atomic E-state index is 0.885. The molecule has 6 heteroatoms. The van der Waals surface area contributed by atoms with Gasteiger partial charge in [-0.1, -0.05) is 6.07 Å². The average molecular weight is 360 g/mol. The van der Waals surface area contributed by atoms with Gasteiger partial charge in [0.1, 0.15) is 5.82 Å². The molecule has 1 saturated heterocycles. The van der Waals surface area contributed by atoms with Crippen LogP contribution in [0.25, 0.3) is 27.9 Å². The number of hydrogen-bond donors (Lipinski definition) is 1. The zero-order valence-corrected chi connectivity index (χ0v) is 16.0. The first-order valence-electron chi connectivity index (χ1n) is 9.47. The van der Waals surface area contributed by atoms with Crippen molar-refractivity contribution in [1.82, 2.24) is 24.3 Å². The fourth-order valence-electron chi connectivity index (χ4n) is 4.15. The molecular formula is C21H24N6. The van der Waals surface area contributed by atoms with Crippen molar-refractivity contribution in [3.8, 4) is 11.3 Å². The monoisotopic (exact) mass is 360 g/mol. The minimum atomic E-state index is 0.885. The second-order valence-electron chi connectivity index (χ2n) is 7.49. The number of nitrogens with one attached hydrogen (secondary N) is 1. The Hall–Kier alpha value is -2.86. The van der Waals surface area contributed by atoms with E-state index in [0.29, 0.717) is 0 Å². The molecule has 0 amide bonds. The lowest BCUT2D eigenvalue weighted by atomic mass is 10.1. The third-order valence-electron chi connectivity index (χ3n) is 5.66. The summed E-state index contributed by atoms with van der Waals surface area (Å²) in [6.45, 7) is 8.64. The van der Waals surface area contributed by atoms with Gasteiger partial charge in [0.05, 0.1) is 22.9 Å². The molecule has 6 nitrogen and oxygen atoms in total.